The molecule has 1 fully saturated rings. The highest BCUT2D eigenvalue weighted by Gasteiger charge is 2.34. The molecule has 0 aromatic carbocycles. The van der Waals surface area contributed by atoms with E-state index in [1.807, 2.05) is 20.8 Å². The Kier molecular flexibility index (Phi) is 6.11. The molecule has 0 radical (unpaired) electrons. The van der Waals surface area contributed by atoms with E-state index in [9.17, 15) is 14.0 Å². The van der Waals surface area contributed by atoms with Gasteiger partial charge in [0, 0.05) is 24.4 Å². The molecule has 1 aliphatic rings. The Hall–Kier alpha value is -2.19. The van der Waals surface area contributed by atoms with Gasteiger partial charge in [-0.1, -0.05) is 25.9 Å². The van der Waals surface area contributed by atoms with Gasteiger partial charge in [-0.2, -0.15) is 4.98 Å². The molecule has 0 bridgehead atoms. The van der Waals surface area contributed by atoms with Crippen molar-refractivity contribution in [1.29, 1.82) is 0 Å². The van der Waals surface area contributed by atoms with E-state index in [1.54, 1.807) is 20.8 Å². The van der Waals surface area contributed by atoms with Crippen molar-refractivity contribution in [2.45, 2.75) is 65.2 Å². The van der Waals surface area contributed by atoms with Gasteiger partial charge in [-0.15, -0.1) is 0 Å². The van der Waals surface area contributed by atoms with Crippen LogP contribution in [0, 0.1) is 5.92 Å². The molecule has 2 amide bonds. The summed E-state index contributed by atoms with van der Waals surface area (Å²) in [4.78, 5) is 29.6. The third-order valence-corrected chi connectivity index (χ3v) is 4.12. The number of carbonyl (C=O) groups is 2. The van der Waals surface area contributed by atoms with Crippen molar-refractivity contribution < 1.29 is 23.2 Å². The Bertz CT molecular complexity index is 678. The zero-order valence-electron chi connectivity index (χ0n) is 16.8. The average molecular weight is 384 g/mol. The van der Waals surface area contributed by atoms with E-state index in [-0.39, 0.29) is 30.2 Å². The SMILES string of the molecule is CC(C)(C)OC(=O)N1CC[C@H](CNC(=O)c2noc(C(C)(C)C)n2)[C@H](F)C1. The number of nitrogens with zero attached hydrogens (tertiary/aromatic N) is 3. The number of hydrogen-bond donors (Lipinski definition) is 1. The summed E-state index contributed by atoms with van der Waals surface area (Å²) in [6, 6.07) is 0. The number of hydrogen-bond acceptors (Lipinski definition) is 6. The monoisotopic (exact) mass is 384 g/mol. The van der Waals surface area contributed by atoms with Crippen molar-refractivity contribution in [3.63, 3.8) is 0 Å². The van der Waals surface area contributed by atoms with E-state index < -0.39 is 23.8 Å². The first kappa shape index (κ1) is 21.1. The maximum Gasteiger partial charge on any atom is 0.410 e. The highest BCUT2D eigenvalue weighted by atomic mass is 19.1. The van der Waals surface area contributed by atoms with Gasteiger partial charge in [0.1, 0.15) is 11.8 Å². The molecule has 9 heteroatoms. The van der Waals surface area contributed by atoms with Crippen molar-refractivity contribution in [1.82, 2.24) is 20.4 Å². The smallest absolute Gasteiger partial charge is 0.410 e. The lowest BCUT2D eigenvalue weighted by Gasteiger charge is -2.35. The first-order valence-corrected chi connectivity index (χ1v) is 9.11. The van der Waals surface area contributed by atoms with Crippen LogP contribution in [0.4, 0.5) is 9.18 Å². The Labute approximate surface area is 158 Å². The molecule has 2 rings (SSSR count). The van der Waals surface area contributed by atoms with Crippen molar-refractivity contribution in [3.8, 4) is 0 Å². The van der Waals surface area contributed by atoms with Gasteiger partial charge < -0.3 is 19.5 Å². The van der Waals surface area contributed by atoms with E-state index >= 15 is 0 Å². The van der Waals surface area contributed by atoms with Gasteiger partial charge in [-0.3, -0.25) is 4.79 Å². The lowest BCUT2D eigenvalue weighted by molar-refractivity contribution is 0.00548. The molecule has 0 spiro atoms. The summed E-state index contributed by atoms with van der Waals surface area (Å²) >= 11 is 0. The second kappa shape index (κ2) is 7.82. The summed E-state index contributed by atoms with van der Waals surface area (Å²) in [5, 5.41) is 6.32. The molecule has 1 N–H and O–H groups in total. The van der Waals surface area contributed by atoms with Gasteiger partial charge in [0.2, 0.25) is 5.89 Å². The third kappa shape index (κ3) is 5.90. The fourth-order valence-corrected chi connectivity index (χ4v) is 2.60. The zero-order chi connectivity index (χ0) is 20.4. The first-order chi connectivity index (χ1) is 12.4. The Morgan fingerprint density at radius 3 is 2.48 bits per heavy atom. The number of halogens is 1. The van der Waals surface area contributed by atoms with Crippen LogP contribution in [-0.2, 0) is 10.2 Å². The van der Waals surface area contributed by atoms with Crippen LogP contribution in [0.2, 0.25) is 0 Å². The Morgan fingerprint density at radius 2 is 1.96 bits per heavy atom. The number of aromatic nitrogens is 2. The second-order valence-electron chi connectivity index (χ2n) is 8.87. The van der Waals surface area contributed by atoms with E-state index in [1.165, 1.54) is 4.90 Å². The zero-order valence-corrected chi connectivity index (χ0v) is 16.8. The number of amides is 2. The summed E-state index contributed by atoms with van der Waals surface area (Å²) in [6.07, 6.45) is -1.34. The number of carbonyl (C=O) groups excluding carboxylic acids is 2. The van der Waals surface area contributed by atoms with E-state index in [2.05, 4.69) is 15.5 Å². The van der Waals surface area contributed by atoms with Crippen LogP contribution < -0.4 is 5.32 Å². The predicted molar refractivity (Wildman–Crippen MR) is 96.1 cm³/mol. The quantitative estimate of drug-likeness (QED) is 0.860. The molecule has 2 heterocycles. The van der Waals surface area contributed by atoms with Crippen LogP contribution >= 0.6 is 0 Å². The van der Waals surface area contributed by atoms with Gasteiger partial charge in [-0.05, 0) is 27.2 Å². The fraction of sp³-hybridized carbons (Fsp3) is 0.778. The molecular formula is C18H29FN4O4. The molecule has 0 saturated carbocycles. The fourth-order valence-electron chi connectivity index (χ4n) is 2.60. The van der Waals surface area contributed by atoms with E-state index in [4.69, 9.17) is 9.26 Å². The van der Waals surface area contributed by atoms with Crippen LogP contribution in [0.25, 0.3) is 0 Å². The molecule has 0 aliphatic carbocycles. The first-order valence-electron chi connectivity index (χ1n) is 9.11. The van der Waals surface area contributed by atoms with E-state index in [0.29, 0.717) is 18.9 Å². The molecular weight excluding hydrogens is 355 g/mol. The highest BCUT2D eigenvalue weighted by molar-refractivity contribution is 5.90. The van der Waals surface area contributed by atoms with Gasteiger partial charge in [0.25, 0.3) is 11.7 Å². The normalized spacial score (nSPS) is 21.1. The second-order valence-corrected chi connectivity index (χ2v) is 8.87. The van der Waals surface area contributed by atoms with Crippen molar-refractivity contribution in [2.24, 2.45) is 5.92 Å². The van der Waals surface area contributed by atoms with Crippen LogP contribution in [0.1, 0.15) is 64.5 Å². The van der Waals surface area contributed by atoms with Crippen LogP contribution in [0.3, 0.4) is 0 Å². The molecule has 0 unspecified atom stereocenters. The van der Waals surface area contributed by atoms with Crippen molar-refractivity contribution in [3.05, 3.63) is 11.7 Å². The topological polar surface area (TPSA) is 97.6 Å². The van der Waals surface area contributed by atoms with Crippen molar-refractivity contribution >= 4 is 12.0 Å². The number of rotatable bonds is 3. The minimum absolute atomic E-state index is 0.0498. The molecule has 1 aliphatic heterocycles. The van der Waals surface area contributed by atoms with Crippen LogP contribution in [0.5, 0.6) is 0 Å². The number of likely N-dealkylation sites (tertiary alicyclic amines) is 1. The number of ether oxygens (including phenoxy) is 1. The minimum Gasteiger partial charge on any atom is -0.444 e. The molecule has 1 aromatic rings. The summed E-state index contributed by atoms with van der Waals surface area (Å²) in [7, 11) is 0. The Morgan fingerprint density at radius 1 is 1.30 bits per heavy atom. The number of piperidine rings is 1. The van der Waals surface area contributed by atoms with Crippen LogP contribution in [-0.4, -0.2) is 58.4 Å². The van der Waals surface area contributed by atoms with E-state index in [0.717, 1.165) is 0 Å². The maximum absolute atomic E-state index is 14.5. The van der Waals surface area contributed by atoms with Gasteiger partial charge in [0.05, 0.1) is 6.54 Å². The molecule has 1 aromatic heterocycles. The summed E-state index contributed by atoms with van der Waals surface area (Å²) < 4.78 is 24.8. The molecule has 27 heavy (non-hydrogen) atoms. The molecule has 2 atom stereocenters. The number of alkyl halides is 1. The third-order valence-electron chi connectivity index (χ3n) is 4.12. The lowest BCUT2D eigenvalue weighted by Crippen LogP contribution is -2.49. The van der Waals surface area contributed by atoms with Crippen LogP contribution in [0.15, 0.2) is 4.52 Å². The Balaban J connectivity index is 1.84. The molecule has 8 nitrogen and oxygen atoms in total. The van der Waals surface area contributed by atoms with Gasteiger partial charge in [-0.25, -0.2) is 9.18 Å². The maximum atomic E-state index is 14.5. The summed E-state index contributed by atoms with van der Waals surface area (Å²) in [6.45, 7) is 11.5. The highest BCUT2D eigenvalue weighted by Crippen LogP contribution is 2.22. The summed E-state index contributed by atoms with van der Waals surface area (Å²) in [5.74, 6) is -0.596. The minimum atomic E-state index is -1.25. The standard InChI is InChI=1S/C18H29FN4O4/c1-17(2,3)15-21-13(22-27-15)14(24)20-9-11-7-8-23(10-12(11)19)16(25)26-18(4,5)6/h11-12H,7-10H2,1-6H3,(H,20,24)/t11-,12-/m1/s1. The molecule has 152 valence electrons. The summed E-state index contributed by atoms with van der Waals surface area (Å²) in [5.41, 5.74) is -0.978. The van der Waals surface area contributed by atoms with Gasteiger partial charge in [0.15, 0.2) is 0 Å². The average Bonchev–Trinajstić information content (AvgIpc) is 3.02. The predicted octanol–water partition coefficient (Wildman–Crippen LogP) is 2.69. The van der Waals surface area contributed by atoms with Gasteiger partial charge >= 0.3 is 6.09 Å². The van der Waals surface area contributed by atoms with Crippen molar-refractivity contribution in [2.75, 3.05) is 19.6 Å². The lowest BCUT2D eigenvalue weighted by atomic mass is 9.95. The molecule has 1 saturated heterocycles. The largest absolute Gasteiger partial charge is 0.444 e. The number of nitrogens with one attached hydrogen (secondary N) is 1.